The monoisotopic (exact) mass is 259 g/mol. The summed E-state index contributed by atoms with van der Waals surface area (Å²) in [4.78, 5) is 16.1. The van der Waals surface area contributed by atoms with E-state index in [-0.39, 0.29) is 12.7 Å². The predicted octanol–water partition coefficient (Wildman–Crippen LogP) is 1.71. The van der Waals surface area contributed by atoms with Crippen LogP contribution in [0, 0.1) is 0 Å². The molecule has 1 amide bonds. The molecule has 4 nitrogen and oxygen atoms in total. The minimum atomic E-state index is -0.311. The van der Waals surface area contributed by atoms with Gasteiger partial charge in [0.05, 0.1) is 5.56 Å². The second-order valence-corrected chi connectivity index (χ2v) is 3.32. The van der Waals surface area contributed by atoms with Crippen molar-refractivity contribution in [1.82, 2.24) is 5.48 Å². The molecule has 0 fully saturated rings. The van der Waals surface area contributed by atoms with E-state index in [1.165, 1.54) is 7.11 Å². The number of amides is 1. The van der Waals surface area contributed by atoms with Gasteiger partial charge in [0.2, 0.25) is 0 Å². The van der Waals surface area contributed by atoms with Gasteiger partial charge in [0.15, 0.2) is 6.79 Å². The Morgan fingerprint density at radius 2 is 2.21 bits per heavy atom. The zero-order chi connectivity index (χ0) is 10.4. The summed E-state index contributed by atoms with van der Waals surface area (Å²) in [6.07, 6.45) is 0. The van der Waals surface area contributed by atoms with Crippen molar-refractivity contribution in [3.05, 3.63) is 34.3 Å². The third kappa shape index (κ3) is 3.10. The van der Waals surface area contributed by atoms with Crippen molar-refractivity contribution < 1.29 is 14.4 Å². The Labute approximate surface area is 90.3 Å². The molecule has 0 atom stereocenters. The summed E-state index contributed by atoms with van der Waals surface area (Å²) in [6, 6.07) is 7.08. The van der Waals surface area contributed by atoms with Gasteiger partial charge >= 0.3 is 0 Å². The molecule has 0 heterocycles. The van der Waals surface area contributed by atoms with E-state index in [0.29, 0.717) is 5.56 Å². The molecule has 0 saturated heterocycles. The third-order valence-electron chi connectivity index (χ3n) is 1.46. The zero-order valence-corrected chi connectivity index (χ0v) is 9.21. The Morgan fingerprint density at radius 3 is 2.86 bits per heavy atom. The van der Waals surface area contributed by atoms with Gasteiger partial charge in [-0.2, -0.15) is 0 Å². The normalized spacial score (nSPS) is 9.86. The van der Waals surface area contributed by atoms with Crippen molar-refractivity contribution in [2.75, 3.05) is 13.9 Å². The molecule has 0 aromatic heterocycles. The van der Waals surface area contributed by atoms with E-state index < -0.39 is 0 Å². The van der Waals surface area contributed by atoms with E-state index in [2.05, 4.69) is 26.1 Å². The van der Waals surface area contributed by atoms with Gasteiger partial charge in [-0.25, -0.2) is 10.3 Å². The van der Waals surface area contributed by atoms with E-state index in [0.717, 1.165) is 4.47 Å². The topological polar surface area (TPSA) is 47.6 Å². The maximum Gasteiger partial charge on any atom is 0.276 e. The Kier molecular flexibility index (Phi) is 4.58. The van der Waals surface area contributed by atoms with Crippen molar-refractivity contribution in [1.29, 1.82) is 0 Å². The van der Waals surface area contributed by atoms with Crippen LogP contribution in [0.1, 0.15) is 10.4 Å². The molecule has 5 heteroatoms. The molecular formula is C9H10BrNO3. The van der Waals surface area contributed by atoms with Crippen LogP contribution in [0.5, 0.6) is 0 Å². The standard InChI is InChI=1S/C9H10BrNO3/c1-13-6-14-11-9(12)7-4-2-3-5-8(7)10/h2-5H,6H2,1H3,(H,11,12). The minimum absolute atomic E-state index is 0.0240. The molecule has 0 saturated carbocycles. The van der Waals surface area contributed by atoms with E-state index in [4.69, 9.17) is 4.84 Å². The lowest BCUT2D eigenvalue weighted by molar-refractivity contribution is -0.0704. The lowest BCUT2D eigenvalue weighted by Gasteiger charge is -2.05. The summed E-state index contributed by atoms with van der Waals surface area (Å²) in [7, 11) is 1.48. The first-order valence-electron chi connectivity index (χ1n) is 3.91. The van der Waals surface area contributed by atoms with Gasteiger partial charge in [0.25, 0.3) is 5.91 Å². The van der Waals surface area contributed by atoms with Crippen molar-refractivity contribution in [3.8, 4) is 0 Å². The molecule has 76 valence electrons. The van der Waals surface area contributed by atoms with Gasteiger partial charge in [-0.3, -0.25) is 4.79 Å². The van der Waals surface area contributed by atoms with Crippen LogP contribution in [0.15, 0.2) is 28.7 Å². The summed E-state index contributed by atoms with van der Waals surface area (Å²) in [5.41, 5.74) is 2.76. The molecule has 14 heavy (non-hydrogen) atoms. The molecule has 1 aromatic carbocycles. The molecule has 0 bridgehead atoms. The Morgan fingerprint density at radius 1 is 1.50 bits per heavy atom. The van der Waals surface area contributed by atoms with E-state index in [1.807, 2.05) is 6.07 Å². The summed E-state index contributed by atoms with van der Waals surface area (Å²) < 4.78 is 5.33. The van der Waals surface area contributed by atoms with Gasteiger partial charge in [-0.05, 0) is 28.1 Å². The number of hydrogen-bond donors (Lipinski definition) is 1. The van der Waals surface area contributed by atoms with Crippen LogP contribution in [0.25, 0.3) is 0 Å². The molecule has 0 spiro atoms. The number of carbonyl (C=O) groups is 1. The van der Waals surface area contributed by atoms with Crippen LogP contribution in [0.3, 0.4) is 0 Å². The lowest BCUT2D eigenvalue weighted by Crippen LogP contribution is -2.24. The summed E-state index contributed by atoms with van der Waals surface area (Å²) in [5, 5.41) is 0. The molecule has 0 aliphatic heterocycles. The van der Waals surface area contributed by atoms with Gasteiger partial charge in [-0.1, -0.05) is 12.1 Å². The molecule has 0 aliphatic rings. The highest BCUT2D eigenvalue weighted by Crippen LogP contribution is 2.15. The largest absolute Gasteiger partial charge is 0.356 e. The van der Waals surface area contributed by atoms with Crippen LogP contribution in [-0.4, -0.2) is 19.8 Å². The SMILES string of the molecule is COCONC(=O)c1ccccc1Br. The molecular weight excluding hydrogens is 250 g/mol. The van der Waals surface area contributed by atoms with Gasteiger partial charge in [0.1, 0.15) is 0 Å². The first kappa shape index (κ1) is 11.2. The van der Waals surface area contributed by atoms with Crippen molar-refractivity contribution in [2.24, 2.45) is 0 Å². The Hall–Kier alpha value is -0.910. The minimum Gasteiger partial charge on any atom is -0.356 e. The van der Waals surface area contributed by atoms with E-state index >= 15 is 0 Å². The fourth-order valence-electron chi connectivity index (χ4n) is 0.854. The smallest absolute Gasteiger partial charge is 0.276 e. The molecule has 1 N–H and O–H groups in total. The van der Waals surface area contributed by atoms with Gasteiger partial charge in [-0.15, -0.1) is 0 Å². The first-order chi connectivity index (χ1) is 6.75. The van der Waals surface area contributed by atoms with Gasteiger partial charge in [0, 0.05) is 11.6 Å². The maximum atomic E-state index is 11.4. The Bertz CT molecular complexity index is 317. The van der Waals surface area contributed by atoms with Crippen molar-refractivity contribution in [2.45, 2.75) is 0 Å². The zero-order valence-electron chi connectivity index (χ0n) is 7.62. The van der Waals surface area contributed by atoms with Crippen molar-refractivity contribution >= 4 is 21.8 Å². The number of nitrogens with one attached hydrogen (secondary N) is 1. The van der Waals surface area contributed by atoms with E-state index in [1.54, 1.807) is 18.2 Å². The number of ether oxygens (including phenoxy) is 1. The number of benzene rings is 1. The number of methoxy groups -OCH3 is 1. The molecule has 0 unspecified atom stereocenters. The third-order valence-corrected chi connectivity index (χ3v) is 2.15. The highest BCUT2D eigenvalue weighted by molar-refractivity contribution is 9.10. The number of rotatable bonds is 4. The first-order valence-corrected chi connectivity index (χ1v) is 4.70. The highest BCUT2D eigenvalue weighted by Gasteiger charge is 2.08. The fraction of sp³-hybridized carbons (Fsp3) is 0.222. The summed E-state index contributed by atoms with van der Waals surface area (Å²) in [5.74, 6) is -0.311. The van der Waals surface area contributed by atoms with E-state index in [9.17, 15) is 4.79 Å². The number of hydrogen-bond acceptors (Lipinski definition) is 3. The number of halogens is 1. The van der Waals surface area contributed by atoms with Crippen molar-refractivity contribution in [3.63, 3.8) is 0 Å². The molecule has 0 aliphatic carbocycles. The van der Waals surface area contributed by atoms with Crippen LogP contribution in [0.2, 0.25) is 0 Å². The van der Waals surface area contributed by atoms with Crippen LogP contribution in [0.4, 0.5) is 0 Å². The average Bonchev–Trinajstić information content (AvgIpc) is 2.18. The lowest BCUT2D eigenvalue weighted by atomic mass is 10.2. The second-order valence-electron chi connectivity index (χ2n) is 2.46. The van der Waals surface area contributed by atoms with Crippen LogP contribution < -0.4 is 5.48 Å². The molecule has 0 radical (unpaired) electrons. The molecule has 1 aromatic rings. The second kappa shape index (κ2) is 5.74. The Balaban J connectivity index is 2.56. The average molecular weight is 260 g/mol. The number of hydroxylamine groups is 1. The quantitative estimate of drug-likeness (QED) is 0.509. The summed E-state index contributed by atoms with van der Waals surface area (Å²) >= 11 is 3.26. The number of carbonyl (C=O) groups excluding carboxylic acids is 1. The maximum absolute atomic E-state index is 11.4. The van der Waals surface area contributed by atoms with Gasteiger partial charge < -0.3 is 4.74 Å². The molecule has 1 rings (SSSR count). The van der Waals surface area contributed by atoms with Crippen LogP contribution >= 0.6 is 15.9 Å². The predicted molar refractivity (Wildman–Crippen MR) is 54.6 cm³/mol. The highest BCUT2D eigenvalue weighted by atomic mass is 79.9. The fourth-order valence-corrected chi connectivity index (χ4v) is 1.32. The summed E-state index contributed by atoms with van der Waals surface area (Å²) in [6.45, 7) is 0.0240. The van der Waals surface area contributed by atoms with Crippen LogP contribution in [-0.2, 0) is 9.57 Å².